The van der Waals surface area contributed by atoms with Crippen molar-refractivity contribution in [3.8, 4) is 11.1 Å². The molecule has 0 bridgehead atoms. The van der Waals surface area contributed by atoms with Gasteiger partial charge in [0.2, 0.25) is 0 Å². The van der Waals surface area contributed by atoms with Gasteiger partial charge in [0.1, 0.15) is 5.65 Å². The molecular formula is C15H15N3O. The van der Waals surface area contributed by atoms with E-state index >= 15 is 0 Å². The van der Waals surface area contributed by atoms with E-state index in [1.54, 1.807) is 17.8 Å². The Morgan fingerprint density at radius 2 is 2.05 bits per heavy atom. The number of aromatic nitrogens is 3. The lowest BCUT2D eigenvalue weighted by molar-refractivity contribution is 0.881. The lowest BCUT2D eigenvalue weighted by atomic mass is 9.98. The smallest absolute Gasteiger partial charge is 0.259 e. The summed E-state index contributed by atoms with van der Waals surface area (Å²) < 4.78 is 1.62. The van der Waals surface area contributed by atoms with Gasteiger partial charge in [0, 0.05) is 18.0 Å². The molecule has 1 N–H and O–H groups in total. The minimum atomic E-state index is -0.00218. The Balaban J connectivity index is 2.36. The largest absolute Gasteiger partial charge is 0.296 e. The average Bonchev–Trinajstić information content (AvgIpc) is 2.91. The highest BCUT2D eigenvalue weighted by atomic mass is 16.1. The first-order valence-electron chi connectivity index (χ1n) is 6.33. The maximum atomic E-state index is 12.5. The number of rotatable bonds is 2. The first-order valence-corrected chi connectivity index (χ1v) is 6.33. The number of hydrogen-bond acceptors (Lipinski definition) is 2. The maximum absolute atomic E-state index is 12.5. The zero-order valence-electron chi connectivity index (χ0n) is 11.0. The molecule has 0 radical (unpaired) electrons. The molecule has 3 aromatic rings. The van der Waals surface area contributed by atoms with Crippen molar-refractivity contribution in [1.82, 2.24) is 14.8 Å². The van der Waals surface area contributed by atoms with Gasteiger partial charge in [-0.05, 0) is 23.6 Å². The van der Waals surface area contributed by atoms with Crippen molar-refractivity contribution < 1.29 is 0 Å². The van der Waals surface area contributed by atoms with E-state index in [4.69, 9.17) is 0 Å². The first kappa shape index (κ1) is 11.7. The van der Waals surface area contributed by atoms with Crippen molar-refractivity contribution in [2.45, 2.75) is 13.3 Å². The van der Waals surface area contributed by atoms with E-state index in [1.807, 2.05) is 24.3 Å². The molecule has 0 amide bonds. The van der Waals surface area contributed by atoms with Gasteiger partial charge >= 0.3 is 0 Å². The highest BCUT2D eigenvalue weighted by Crippen LogP contribution is 2.23. The Hall–Kier alpha value is -2.36. The van der Waals surface area contributed by atoms with E-state index in [1.165, 1.54) is 5.56 Å². The molecule has 0 atom stereocenters. The molecule has 0 aliphatic carbocycles. The molecular weight excluding hydrogens is 238 g/mol. The van der Waals surface area contributed by atoms with Crippen LogP contribution in [0.4, 0.5) is 0 Å². The minimum absolute atomic E-state index is 0.00218. The van der Waals surface area contributed by atoms with E-state index in [0.29, 0.717) is 0 Å². The Bertz CT molecular complexity index is 799. The fourth-order valence-corrected chi connectivity index (χ4v) is 2.45. The van der Waals surface area contributed by atoms with Crippen LogP contribution in [-0.4, -0.2) is 14.8 Å². The van der Waals surface area contributed by atoms with Gasteiger partial charge in [0.25, 0.3) is 5.56 Å². The number of nitrogens with one attached hydrogen (secondary N) is 1. The van der Waals surface area contributed by atoms with Crippen molar-refractivity contribution in [2.24, 2.45) is 7.05 Å². The van der Waals surface area contributed by atoms with Crippen molar-refractivity contribution in [2.75, 3.05) is 0 Å². The summed E-state index contributed by atoms with van der Waals surface area (Å²) >= 11 is 0. The molecule has 96 valence electrons. The van der Waals surface area contributed by atoms with E-state index in [2.05, 4.69) is 23.2 Å². The lowest BCUT2D eigenvalue weighted by Gasteiger charge is -2.09. The number of aryl methyl sites for hydroxylation is 2. The first-order chi connectivity index (χ1) is 9.22. The Morgan fingerprint density at radius 3 is 2.84 bits per heavy atom. The topological polar surface area (TPSA) is 50.7 Å². The van der Waals surface area contributed by atoms with E-state index in [9.17, 15) is 4.79 Å². The number of fused-ring (bicyclic) bond motifs is 1. The van der Waals surface area contributed by atoms with Crippen LogP contribution in [0.25, 0.3) is 22.2 Å². The summed E-state index contributed by atoms with van der Waals surface area (Å²) in [5.41, 5.74) is 3.67. The van der Waals surface area contributed by atoms with Crippen LogP contribution in [0.2, 0.25) is 0 Å². The van der Waals surface area contributed by atoms with Gasteiger partial charge in [-0.2, -0.15) is 5.10 Å². The molecule has 4 nitrogen and oxygen atoms in total. The van der Waals surface area contributed by atoms with Crippen LogP contribution in [0.3, 0.4) is 0 Å². The lowest BCUT2D eigenvalue weighted by Crippen LogP contribution is -2.19. The van der Waals surface area contributed by atoms with Gasteiger partial charge in [0.15, 0.2) is 0 Å². The standard InChI is InChI=1S/C15H15N3O/c1-3-10-6-4-5-7-12(10)13-8-11-9-16-17-14(11)18(2)15(13)19/h4-9H,3H2,1-2H3,(H,16,17). The van der Waals surface area contributed by atoms with E-state index in [0.717, 1.165) is 28.6 Å². The summed E-state index contributed by atoms with van der Waals surface area (Å²) in [5, 5.41) is 7.79. The van der Waals surface area contributed by atoms with Crippen LogP contribution in [0.1, 0.15) is 12.5 Å². The van der Waals surface area contributed by atoms with Crippen LogP contribution in [-0.2, 0) is 13.5 Å². The van der Waals surface area contributed by atoms with Gasteiger partial charge in [0.05, 0.1) is 6.20 Å². The zero-order valence-corrected chi connectivity index (χ0v) is 11.0. The summed E-state index contributed by atoms with van der Waals surface area (Å²) in [4.78, 5) is 12.5. The van der Waals surface area contributed by atoms with Gasteiger partial charge in [-0.1, -0.05) is 31.2 Å². The molecule has 0 saturated heterocycles. The fraction of sp³-hybridized carbons (Fsp3) is 0.200. The van der Waals surface area contributed by atoms with Crippen LogP contribution >= 0.6 is 0 Å². The second-order valence-corrected chi connectivity index (χ2v) is 4.61. The minimum Gasteiger partial charge on any atom is -0.296 e. The number of pyridine rings is 1. The van der Waals surface area contributed by atoms with Crippen LogP contribution in [0, 0.1) is 0 Å². The number of aromatic amines is 1. The summed E-state index contributed by atoms with van der Waals surface area (Å²) in [5.74, 6) is 0. The second-order valence-electron chi connectivity index (χ2n) is 4.61. The average molecular weight is 253 g/mol. The van der Waals surface area contributed by atoms with Crippen molar-refractivity contribution in [1.29, 1.82) is 0 Å². The van der Waals surface area contributed by atoms with Crippen LogP contribution in [0.15, 0.2) is 41.3 Å². The molecule has 0 fully saturated rings. The molecule has 4 heteroatoms. The van der Waals surface area contributed by atoms with Crippen molar-refractivity contribution in [3.05, 3.63) is 52.4 Å². The van der Waals surface area contributed by atoms with E-state index in [-0.39, 0.29) is 5.56 Å². The fourth-order valence-electron chi connectivity index (χ4n) is 2.45. The highest BCUT2D eigenvalue weighted by Gasteiger charge is 2.12. The molecule has 19 heavy (non-hydrogen) atoms. The zero-order chi connectivity index (χ0) is 13.4. The molecule has 2 heterocycles. The van der Waals surface area contributed by atoms with Gasteiger partial charge in [-0.25, -0.2) is 0 Å². The molecule has 1 aromatic carbocycles. The summed E-state index contributed by atoms with van der Waals surface area (Å²) in [6.45, 7) is 2.10. The van der Waals surface area contributed by atoms with Crippen molar-refractivity contribution in [3.63, 3.8) is 0 Å². The molecule has 0 saturated carbocycles. The number of hydrogen-bond donors (Lipinski definition) is 1. The normalized spacial score (nSPS) is 11.1. The number of nitrogens with zero attached hydrogens (tertiary/aromatic N) is 2. The van der Waals surface area contributed by atoms with Gasteiger partial charge in [-0.15, -0.1) is 0 Å². The Kier molecular flexibility index (Phi) is 2.71. The molecule has 0 unspecified atom stereocenters. The second kappa shape index (κ2) is 4.39. The van der Waals surface area contributed by atoms with Crippen LogP contribution < -0.4 is 5.56 Å². The molecule has 0 spiro atoms. The van der Waals surface area contributed by atoms with E-state index < -0.39 is 0 Å². The molecule has 3 rings (SSSR count). The Labute approximate surface area is 110 Å². The van der Waals surface area contributed by atoms with Gasteiger partial charge < -0.3 is 0 Å². The number of benzene rings is 1. The molecule has 0 aliphatic heterocycles. The third-order valence-electron chi connectivity index (χ3n) is 3.51. The Morgan fingerprint density at radius 1 is 1.26 bits per heavy atom. The maximum Gasteiger partial charge on any atom is 0.259 e. The number of H-pyrrole nitrogens is 1. The predicted octanol–water partition coefficient (Wildman–Crippen LogP) is 2.49. The molecule has 0 aliphatic rings. The quantitative estimate of drug-likeness (QED) is 0.762. The predicted molar refractivity (Wildman–Crippen MR) is 76.1 cm³/mol. The monoisotopic (exact) mass is 253 g/mol. The third kappa shape index (κ3) is 1.76. The molecule has 2 aromatic heterocycles. The van der Waals surface area contributed by atoms with Gasteiger partial charge in [-0.3, -0.25) is 14.5 Å². The summed E-state index contributed by atoms with van der Waals surface area (Å²) in [6.07, 6.45) is 2.65. The highest BCUT2D eigenvalue weighted by molar-refractivity contribution is 5.81. The summed E-state index contributed by atoms with van der Waals surface area (Å²) in [6, 6.07) is 9.95. The van der Waals surface area contributed by atoms with Crippen molar-refractivity contribution >= 4 is 11.0 Å². The third-order valence-corrected chi connectivity index (χ3v) is 3.51. The van der Waals surface area contributed by atoms with Crippen LogP contribution in [0.5, 0.6) is 0 Å². The summed E-state index contributed by atoms with van der Waals surface area (Å²) in [7, 11) is 1.76. The SMILES string of the molecule is CCc1ccccc1-c1cc2cn[nH]c2n(C)c1=O.